The summed E-state index contributed by atoms with van der Waals surface area (Å²) in [6.07, 6.45) is 2.55. The van der Waals surface area contributed by atoms with Gasteiger partial charge in [-0.05, 0) is 13.0 Å². The van der Waals surface area contributed by atoms with Gasteiger partial charge in [-0.1, -0.05) is 0 Å². The Morgan fingerprint density at radius 1 is 1.67 bits per heavy atom. The monoisotopic (exact) mass is 130 g/mol. The van der Waals surface area contributed by atoms with Crippen LogP contribution >= 0.6 is 0 Å². The van der Waals surface area contributed by atoms with Gasteiger partial charge in [0, 0.05) is 13.5 Å². The highest BCUT2D eigenvalue weighted by Gasteiger charge is 2.16. The maximum Gasteiger partial charge on any atom is 0.0611 e. The Balaban J connectivity index is 2.23. The number of hydrogen-bond acceptors (Lipinski definition) is 3. The normalized spacial score (nSPS) is 36.7. The van der Waals surface area contributed by atoms with Crippen molar-refractivity contribution >= 4 is 0 Å². The van der Waals surface area contributed by atoms with E-state index in [1.165, 1.54) is 0 Å². The van der Waals surface area contributed by atoms with Crippen LogP contribution in [0.1, 0.15) is 12.8 Å². The molecule has 1 heterocycles. The third-order valence-corrected chi connectivity index (χ3v) is 1.72. The molecule has 0 radical (unpaired) electrons. The van der Waals surface area contributed by atoms with Gasteiger partial charge in [-0.15, -0.1) is 0 Å². The van der Waals surface area contributed by atoms with Crippen LogP contribution in [0.25, 0.3) is 0 Å². The van der Waals surface area contributed by atoms with Crippen LogP contribution in [0.2, 0.25) is 0 Å². The second-order valence-electron chi connectivity index (χ2n) is 2.44. The summed E-state index contributed by atoms with van der Waals surface area (Å²) in [5, 5.41) is 3.14. The average Bonchev–Trinajstić information content (AvgIpc) is 1.88. The molecule has 1 fully saturated rings. The Kier molecular flexibility index (Phi) is 2.45. The minimum Gasteiger partial charge on any atom is -0.381 e. The summed E-state index contributed by atoms with van der Waals surface area (Å²) < 4.78 is 5.14. The van der Waals surface area contributed by atoms with Gasteiger partial charge in [-0.3, -0.25) is 0 Å². The van der Waals surface area contributed by atoms with Gasteiger partial charge >= 0.3 is 0 Å². The summed E-state index contributed by atoms with van der Waals surface area (Å²) in [5.41, 5.74) is 5.61. The van der Waals surface area contributed by atoms with Crippen molar-refractivity contribution < 1.29 is 4.74 Å². The Bertz CT molecular complexity index is 87.1. The van der Waals surface area contributed by atoms with Crippen LogP contribution < -0.4 is 11.1 Å². The van der Waals surface area contributed by atoms with E-state index in [9.17, 15) is 0 Å². The first-order valence-electron chi connectivity index (χ1n) is 3.34. The van der Waals surface area contributed by atoms with Crippen LogP contribution in [-0.2, 0) is 4.74 Å². The van der Waals surface area contributed by atoms with Gasteiger partial charge in [-0.2, -0.15) is 0 Å². The summed E-state index contributed by atoms with van der Waals surface area (Å²) in [4.78, 5) is 0. The average molecular weight is 130 g/mol. The number of ether oxygens (including phenoxy) is 1. The van der Waals surface area contributed by atoms with Crippen LogP contribution in [0, 0.1) is 0 Å². The van der Waals surface area contributed by atoms with Crippen molar-refractivity contribution in [2.45, 2.75) is 25.1 Å². The third-order valence-electron chi connectivity index (χ3n) is 1.72. The molecular formula is C6H14N2O. The lowest BCUT2D eigenvalue weighted by atomic mass is 10.1. The van der Waals surface area contributed by atoms with Gasteiger partial charge in [0.2, 0.25) is 0 Å². The molecule has 9 heavy (non-hydrogen) atoms. The maximum absolute atomic E-state index is 5.61. The number of rotatable bonds is 1. The van der Waals surface area contributed by atoms with Gasteiger partial charge in [0.1, 0.15) is 0 Å². The first kappa shape index (κ1) is 6.99. The predicted octanol–water partition coefficient (Wildman–Crippen LogP) is -0.330. The van der Waals surface area contributed by atoms with Crippen molar-refractivity contribution in [1.29, 1.82) is 0 Å². The van der Waals surface area contributed by atoms with Crippen molar-refractivity contribution in [2.75, 3.05) is 13.7 Å². The van der Waals surface area contributed by atoms with Gasteiger partial charge < -0.3 is 15.8 Å². The lowest BCUT2D eigenvalue weighted by Crippen LogP contribution is -2.46. The zero-order chi connectivity index (χ0) is 6.69. The summed E-state index contributed by atoms with van der Waals surface area (Å²) in [7, 11) is 1.74. The number of piperidine rings is 1. The van der Waals surface area contributed by atoms with Gasteiger partial charge in [0.05, 0.1) is 12.3 Å². The summed E-state index contributed by atoms with van der Waals surface area (Å²) in [5.74, 6) is 0. The number of nitrogens with two attached hydrogens (primary N) is 1. The summed E-state index contributed by atoms with van der Waals surface area (Å²) >= 11 is 0. The van der Waals surface area contributed by atoms with E-state index in [1.807, 2.05) is 0 Å². The Morgan fingerprint density at radius 3 is 2.89 bits per heavy atom. The van der Waals surface area contributed by atoms with Crippen molar-refractivity contribution in [3.8, 4) is 0 Å². The fraction of sp³-hybridized carbons (Fsp3) is 1.00. The van der Waals surface area contributed by atoms with E-state index in [0.717, 1.165) is 19.4 Å². The number of hydrogen-bond donors (Lipinski definition) is 2. The van der Waals surface area contributed by atoms with Crippen molar-refractivity contribution in [1.82, 2.24) is 5.32 Å². The molecule has 3 nitrogen and oxygen atoms in total. The molecule has 54 valence electrons. The molecule has 0 spiro atoms. The van der Waals surface area contributed by atoms with E-state index in [2.05, 4.69) is 5.32 Å². The van der Waals surface area contributed by atoms with Gasteiger partial charge in [-0.25, -0.2) is 0 Å². The molecule has 0 aliphatic carbocycles. The van der Waals surface area contributed by atoms with E-state index in [1.54, 1.807) is 7.11 Å². The second kappa shape index (κ2) is 3.15. The molecule has 1 rings (SSSR count). The molecule has 0 aromatic carbocycles. The smallest absolute Gasteiger partial charge is 0.0611 e. The molecule has 2 unspecified atom stereocenters. The molecule has 0 saturated carbocycles. The fourth-order valence-corrected chi connectivity index (χ4v) is 1.13. The van der Waals surface area contributed by atoms with E-state index in [-0.39, 0.29) is 6.17 Å². The first-order valence-corrected chi connectivity index (χ1v) is 3.34. The highest BCUT2D eigenvalue weighted by molar-refractivity contribution is 4.73. The lowest BCUT2D eigenvalue weighted by molar-refractivity contribution is 0.0630. The van der Waals surface area contributed by atoms with E-state index >= 15 is 0 Å². The molecule has 1 aliphatic rings. The molecule has 1 saturated heterocycles. The molecule has 0 amide bonds. The lowest BCUT2D eigenvalue weighted by Gasteiger charge is -2.26. The Hall–Kier alpha value is -0.120. The zero-order valence-electron chi connectivity index (χ0n) is 5.76. The van der Waals surface area contributed by atoms with Crippen LogP contribution in [0.4, 0.5) is 0 Å². The minimum absolute atomic E-state index is 0.142. The van der Waals surface area contributed by atoms with Gasteiger partial charge in [0.15, 0.2) is 0 Å². The van der Waals surface area contributed by atoms with E-state index in [0.29, 0.717) is 6.10 Å². The summed E-state index contributed by atoms with van der Waals surface area (Å²) in [6, 6.07) is 0. The molecule has 0 aromatic rings. The second-order valence-corrected chi connectivity index (χ2v) is 2.44. The maximum atomic E-state index is 5.61. The fourth-order valence-electron chi connectivity index (χ4n) is 1.13. The molecule has 1 aliphatic heterocycles. The quantitative estimate of drug-likeness (QED) is 0.511. The number of methoxy groups -OCH3 is 1. The first-order chi connectivity index (χ1) is 4.33. The molecule has 3 heteroatoms. The highest BCUT2D eigenvalue weighted by Crippen LogP contribution is 2.07. The zero-order valence-corrected chi connectivity index (χ0v) is 5.76. The van der Waals surface area contributed by atoms with Crippen LogP contribution in [0.15, 0.2) is 0 Å². The predicted molar refractivity (Wildman–Crippen MR) is 36.0 cm³/mol. The third kappa shape index (κ3) is 1.93. The number of nitrogens with one attached hydrogen (secondary N) is 1. The van der Waals surface area contributed by atoms with Crippen LogP contribution in [0.5, 0.6) is 0 Å². The SMILES string of the molecule is COC1CCNC(N)C1. The van der Waals surface area contributed by atoms with E-state index in [4.69, 9.17) is 10.5 Å². The van der Waals surface area contributed by atoms with Gasteiger partial charge in [0.25, 0.3) is 0 Å². The molecule has 0 bridgehead atoms. The minimum atomic E-state index is 0.142. The standard InChI is InChI=1S/C6H14N2O/c1-9-5-2-3-8-6(7)4-5/h5-6,8H,2-4,7H2,1H3. The highest BCUT2D eigenvalue weighted by atomic mass is 16.5. The Morgan fingerprint density at radius 2 is 2.44 bits per heavy atom. The molecule has 3 N–H and O–H groups in total. The van der Waals surface area contributed by atoms with E-state index < -0.39 is 0 Å². The summed E-state index contributed by atoms with van der Waals surface area (Å²) in [6.45, 7) is 0.986. The van der Waals surface area contributed by atoms with Crippen molar-refractivity contribution in [2.24, 2.45) is 5.73 Å². The molecule has 2 atom stereocenters. The van der Waals surface area contributed by atoms with Crippen LogP contribution in [-0.4, -0.2) is 25.9 Å². The Labute approximate surface area is 55.6 Å². The van der Waals surface area contributed by atoms with Crippen LogP contribution in [0.3, 0.4) is 0 Å². The van der Waals surface area contributed by atoms with Crippen molar-refractivity contribution in [3.63, 3.8) is 0 Å². The molecule has 0 aromatic heterocycles. The molecular weight excluding hydrogens is 116 g/mol. The van der Waals surface area contributed by atoms with Crippen molar-refractivity contribution in [3.05, 3.63) is 0 Å². The topological polar surface area (TPSA) is 47.3 Å². The largest absolute Gasteiger partial charge is 0.381 e.